The summed E-state index contributed by atoms with van der Waals surface area (Å²) in [5.74, 6) is 0. The second kappa shape index (κ2) is 4.64. The van der Waals surface area contributed by atoms with Crippen molar-refractivity contribution in [2.45, 2.75) is 31.8 Å². The van der Waals surface area contributed by atoms with E-state index in [1.807, 2.05) is 10.6 Å². The number of pyridine rings is 1. The molecule has 7 heteroatoms. The first kappa shape index (κ1) is 13.0. The average Bonchev–Trinajstić information content (AvgIpc) is 3.20. The first-order chi connectivity index (χ1) is 10.1. The molecule has 6 nitrogen and oxygen atoms in total. The van der Waals surface area contributed by atoms with Gasteiger partial charge in [0, 0.05) is 31.2 Å². The van der Waals surface area contributed by atoms with Crippen LogP contribution < -0.4 is 11.3 Å². The smallest absolute Gasteiger partial charge is 0.261 e. The van der Waals surface area contributed by atoms with Crippen molar-refractivity contribution in [2.75, 3.05) is 19.3 Å². The number of rotatable bonds is 2. The molecule has 0 amide bonds. The van der Waals surface area contributed by atoms with Crippen LogP contribution in [0.4, 0.5) is 5.13 Å². The maximum atomic E-state index is 12.9. The first-order valence-electron chi connectivity index (χ1n) is 7.18. The van der Waals surface area contributed by atoms with Crippen LogP contribution in [0.5, 0.6) is 0 Å². The van der Waals surface area contributed by atoms with E-state index in [9.17, 15) is 4.79 Å². The van der Waals surface area contributed by atoms with Gasteiger partial charge in [0.15, 0.2) is 5.01 Å². The number of nitrogen functional groups attached to an aromatic ring is 1. The van der Waals surface area contributed by atoms with Gasteiger partial charge in [0.05, 0.1) is 5.56 Å². The third-order valence-electron chi connectivity index (χ3n) is 4.18. The van der Waals surface area contributed by atoms with E-state index in [4.69, 9.17) is 5.73 Å². The van der Waals surface area contributed by atoms with Crippen molar-refractivity contribution in [2.24, 2.45) is 0 Å². The van der Waals surface area contributed by atoms with Crippen molar-refractivity contribution in [3.63, 3.8) is 0 Å². The van der Waals surface area contributed by atoms with E-state index in [2.05, 4.69) is 22.1 Å². The maximum Gasteiger partial charge on any atom is 0.261 e. The van der Waals surface area contributed by atoms with Crippen LogP contribution >= 0.6 is 11.3 Å². The third kappa shape index (κ3) is 2.16. The Kier molecular flexibility index (Phi) is 2.87. The summed E-state index contributed by atoms with van der Waals surface area (Å²) in [6, 6.07) is 2.37. The molecule has 0 bridgehead atoms. The molecule has 2 N–H and O–H groups in total. The van der Waals surface area contributed by atoms with Crippen LogP contribution in [0, 0.1) is 0 Å². The van der Waals surface area contributed by atoms with Crippen LogP contribution in [0.3, 0.4) is 0 Å². The van der Waals surface area contributed by atoms with Gasteiger partial charge in [-0.05, 0) is 31.5 Å². The summed E-state index contributed by atoms with van der Waals surface area (Å²) >= 11 is 1.28. The minimum atomic E-state index is 0.0666. The molecule has 1 saturated carbocycles. The lowest BCUT2D eigenvalue weighted by molar-refractivity contribution is 0.304. The minimum absolute atomic E-state index is 0.0666. The first-order valence-corrected chi connectivity index (χ1v) is 8.00. The molecule has 0 aromatic carbocycles. The lowest BCUT2D eigenvalue weighted by Gasteiger charge is -2.28. The second-order valence-corrected chi connectivity index (χ2v) is 6.88. The van der Waals surface area contributed by atoms with E-state index in [0.717, 1.165) is 32.4 Å². The topological polar surface area (TPSA) is 77.0 Å². The Labute approximate surface area is 126 Å². The van der Waals surface area contributed by atoms with Crippen molar-refractivity contribution < 1.29 is 0 Å². The predicted molar refractivity (Wildman–Crippen MR) is 82.3 cm³/mol. The quantitative estimate of drug-likeness (QED) is 0.904. The molecule has 0 saturated heterocycles. The Hall–Kier alpha value is -1.73. The van der Waals surface area contributed by atoms with Gasteiger partial charge < -0.3 is 15.2 Å². The van der Waals surface area contributed by atoms with E-state index in [-0.39, 0.29) is 5.56 Å². The number of aromatic nitrogens is 3. The highest BCUT2D eigenvalue weighted by Crippen LogP contribution is 2.37. The van der Waals surface area contributed by atoms with Crippen molar-refractivity contribution in [1.82, 2.24) is 19.7 Å². The molecule has 0 radical (unpaired) electrons. The Morgan fingerprint density at radius 3 is 2.86 bits per heavy atom. The van der Waals surface area contributed by atoms with E-state index in [0.29, 0.717) is 21.7 Å². The van der Waals surface area contributed by atoms with E-state index >= 15 is 0 Å². The monoisotopic (exact) mass is 303 g/mol. The van der Waals surface area contributed by atoms with Gasteiger partial charge in [0.2, 0.25) is 5.13 Å². The molecular weight excluding hydrogens is 286 g/mol. The summed E-state index contributed by atoms with van der Waals surface area (Å²) in [5, 5.41) is 8.92. The predicted octanol–water partition coefficient (Wildman–Crippen LogP) is 1.27. The lowest BCUT2D eigenvalue weighted by atomic mass is 10.0. The van der Waals surface area contributed by atoms with Crippen molar-refractivity contribution in [3.05, 3.63) is 27.7 Å². The fraction of sp³-hybridized carbons (Fsp3) is 0.500. The van der Waals surface area contributed by atoms with Crippen LogP contribution in [0.2, 0.25) is 0 Å². The zero-order chi connectivity index (χ0) is 14.6. The molecular formula is C14H17N5OS. The standard InChI is InChI=1S/C14H17N5OS/c1-18-5-4-11-8(7-18)6-10(12-16-17-14(15)21-12)13(20)19(11)9-2-3-9/h6,9H,2-5,7H2,1H3,(H2,15,17). The van der Waals surface area contributed by atoms with Gasteiger partial charge in [0.1, 0.15) is 0 Å². The van der Waals surface area contributed by atoms with Crippen molar-refractivity contribution >= 4 is 16.5 Å². The summed E-state index contributed by atoms with van der Waals surface area (Å²) in [4.78, 5) is 15.1. The zero-order valence-electron chi connectivity index (χ0n) is 11.9. The molecule has 3 heterocycles. The molecule has 2 aromatic heterocycles. The molecule has 2 aliphatic rings. The Bertz CT molecular complexity index is 761. The van der Waals surface area contributed by atoms with Crippen molar-refractivity contribution in [3.8, 4) is 10.6 Å². The summed E-state index contributed by atoms with van der Waals surface area (Å²) in [6.07, 6.45) is 3.14. The maximum absolute atomic E-state index is 12.9. The fourth-order valence-electron chi connectivity index (χ4n) is 3.03. The molecule has 0 unspecified atom stereocenters. The zero-order valence-corrected chi connectivity index (χ0v) is 12.7. The lowest BCUT2D eigenvalue weighted by Crippen LogP contribution is -2.34. The molecule has 0 atom stereocenters. The molecule has 0 spiro atoms. The molecule has 2 aromatic rings. The van der Waals surface area contributed by atoms with Crippen LogP contribution in [0.1, 0.15) is 30.1 Å². The third-order valence-corrected chi connectivity index (χ3v) is 4.97. The highest BCUT2D eigenvalue weighted by atomic mass is 32.1. The van der Waals surface area contributed by atoms with Crippen molar-refractivity contribution in [1.29, 1.82) is 0 Å². The highest BCUT2D eigenvalue weighted by molar-refractivity contribution is 7.18. The molecule has 1 aliphatic heterocycles. The summed E-state index contributed by atoms with van der Waals surface area (Å²) in [7, 11) is 2.11. The number of anilines is 1. The second-order valence-electron chi connectivity index (χ2n) is 5.87. The Morgan fingerprint density at radius 1 is 1.38 bits per heavy atom. The number of nitrogens with two attached hydrogens (primary N) is 1. The minimum Gasteiger partial charge on any atom is -0.374 e. The number of fused-ring (bicyclic) bond motifs is 1. The van der Waals surface area contributed by atoms with Gasteiger partial charge in [-0.1, -0.05) is 11.3 Å². The Morgan fingerprint density at radius 2 is 2.19 bits per heavy atom. The molecule has 1 fully saturated rings. The summed E-state index contributed by atoms with van der Waals surface area (Å²) < 4.78 is 2.01. The number of nitrogens with zero attached hydrogens (tertiary/aromatic N) is 4. The largest absolute Gasteiger partial charge is 0.374 e. The van der Waals surface area contributed by atoms with Gasteiger partial charge in [-0.15, -0.1) is 10.2 Å². The fourth-order valence-corrected chi connectivity index (χ4v) is 3.64. The SMILES string of the molecule is CN1CCc2c(cc(-c3nnc(N)s3)c(=O)n2C2CC2)C1. The summed E-state index contributed by atoms with van der Waals surface area (Å²) in [6.45, 7) is 1.88. The highest BCUT2D eigenvalue weighted by Gasteiger charge is 2.31. The van der Waals surface area contributed by atoms with E-state index in [1.165, 1.54) is 22.6 Å². The summed E-state index contributed by atoms with van der Waals surface area (Å²) in [5.41, 5.74) is 8.82. The Balaban J connectivity index is 1.94. The van der Waals surface area contributed by atoms with Gasteiger partial charge >= 0.3 is 0 Å². The molecule has 1 aliphatic carbocycles. The molecule has 110 valence electrons. The molecule has 21 heavy (non-hydrogen) atoms. The van der Waals surface area contributed by atoms with Gasteiger partial charge in [-0.2, -0.15) is 0 Å². The van der Waals surface area contributed by atoms with Crippen LogP contribution in [-0.2, 0) is 13.0 Å². The van der Waals surface area contributed by atoms with Crippen LogP contribution in [0.25, 0.3) is 10.6 Å². The molecule has 4 rings (SSSR count). The van der Waals surface area contributed by atoms with E-state index in [1.54, 1.807) is 0 Å². The van der Waals surface area contributed by atoms with Crippen LogP contribution in [0.15, 0.2) is 10.9 Å². The number of hydrogen-bond acceptors (Lipinski definition) is 6. The number of hydrogen-bond donors (Lipinski definition) is 1. The van der Waals surface area contributed by atoms with E-state index < -0.39 is 0 Å². The normalized spacial score (nSPS) is 18.7. The van der Waals surface area contributed by atoms with Gasteiger partial charge in [-0.3, -0.25) is 4.79 Å². The van der Waals surface area contributed by atoms with Gasteiger partial charge in [-0.25, -0.2) is 0 Å². The average molecular weight is 303 g/mol. The van der Waals surface area contributed by atoms with Gasteiger partial charge in [0.25, 0.3) is 5.56 Å². The van der Waals surface area contributed by atoms with Crippen LogP contribution in [-0.4, -0.2) is 33.3 Å². The number of likely N-dealkylation sites (N-methyl/N-ethyl adjacent to an activating group) is 1.